The molecule has 2 aromatic heterocycles. The highest BCUT2D eigenvalue weighted by molar-refractivity contribution is 7.15. The molecule has 1 aliphatic rings. The van der Waals surface area contributed by atoms with E-state index in [-0.39, 0.29) is 0 Å². The van der Waals surface area contributed by atoms with Crippen molar-refractivity contribution in [1.82, 2.24) is 9.97 Å². The van der Waals surface area contributed by atoms with Crippen molar-refractivity contribution in [2.75, 3.05) is 7.11 Å². The SMILES string of the molecule is COc1ccc2c(c1)-c1nc(N=Cc3cccnc3)sc1CC2. The van der Waals surface area contributed by atoms with Gasteiger partial charge in [-0.3, -0.25) is 4.98 Å². The summed E-state index contributed by atoms with van der Waals surface area (Å²) in [5, 5.41) is 0.787. The summed E-state index contributed by atoms with van der Waals surface area (Å²) in [6.45, 7) is 0. The molecule has 1 aliphatic carbocycles. The zero-order chi connectivity index (χ0) is 15.6. The topological polar surface area (TPSA) is 47.4 Å². The van der Waals surface area contributed by atoms with Crippen molar-refractivity contribution in [1.29, 1.82) is 0 Å². The van der Waals surface area contributed by atoms with E-state index in [1.54, 1.807) is 30.8 Å². The monoisotopic (exact) mass is 321 g/mol. The number of aryl methyl sites for hydroxylation is 2. The van der Waals surface area contributed by atoms with Crippen LogP contribution in [0.15, 0.2) is 47.7 Å². The zero-order valence-electron chi connectivity index (χ0n) is 12.7. The Morgan fingerprint density at radius 1 is 1.26 bits per heavy atom. The summed E-state index contributed by atoms with van der Waals surface area (Å²) in [7, 11) is 1.69. The molecule has 0 bridgehead atoms. The van der Waals surface area contributed by atoms with Crippen LogP contribution in [0.4, 0.5) is 5.13 Å². The Labute approximate surface area is 138 Å². The standard InChI is InChI=1S/C18H15N3OS/c1-22-14-6-4-13-5-7-16-17(15(13)9-14)21-18(23-16)20-11-12-3-2-8-19-10-12/h2-4,6,8-11H,5,7H2,1H3. The molecule has 5 heteroatoms. The van der Waals surface area contributed by atoms with Gasteiger partial charge in [0.25, 0.3) is 0 Å². The van der Waals surface area contributed by atoms with E-state index in [1.807, 2.05) is 24.4 Å². The molecular weight excluding hydrogens is 306 g/mol. The van der Waals surface area contributed by atoms with Gasteiger partial charge in [0.05, 0.1) is 12.8 Å². The van der Waals surface area contributed by atoms with E-state index in [1.165, 1.54) is 16.0 Å². The highest BCUT2D eigenvalue weighted by atomic mass is 32.1. The van der Waals surface area contributed by atoms with Crippen LogP contribution >= 0.6 is 11.3 Å². The van der Waals surface area contributed by atoms with Crippen LogP contribution in [0.2, 0.25) is 0 Å². The Morgan fingerprint density at radius 2 is 2.22 bits per heavy atom. The Morgan fingerprint density at radius 3 is 3.04 bits per heavy atom. The maximum atomic E-state index is 5.35. The lowest BCUT2D eigenvalue weighted by Crippen LogP contribution is -2.02. The largest absolute Gasteiger partial charge is 0.497 e. The average molecular weight is 321 g/mol. The second kappa shape index (κ2) is 5.93. The van der Waals surface area contributed by atoms with Gasteiger partial charge in [-0.2, -0.15) is 0 Å². The van der Waals surface area contributed by atoms with Crippen LogP contribution in [0.5, 0.6) is 5.75 Å². The summed E-state index contributed by atoms with van der Waals surface area (Å²) < 4.78 is 5.35. The third kappa shape index (κ3) is 2.75. The third-order valence-corrected chi connectivity index (χ3v) is 4.91. The number of pyridine rings is 1. The molecule has 0 spiro atoms. The van der Waals surface area contributed by atoms with Crippen LogP contribution in [-0.4, -0.2) is 23.3 Å². The highest BCUT2D eigenvalue weighted by Gasteiger charge is 2.21. The molecule has 0 saturated carbocycles. The van der Waals surface area contributed by atoms with Crippen molar-refractivity contribution < 1.29 is 4.74 Å². The molecule has 0 unspecified atom stereocenters. The van der Waals surface area contributed by atoms with E-state index >= 15 is 0 Å². The maximum absolute atomic E-state index is 5.35. The molecule has 3 aromatic rings. The number of rotatable bonds is 3. The fourth-order valence-corrected chi connectivity index (χ4v) is 3.64. The molecule has 0 fully saturated rings. The van der Waals surface area contributed by atoms with E-state index in [2.05, 4.69) is 22.1 Å². The molecule has 23 heavy (non-hydrogen) atoms. The number of nitrogens with zero attached hydrogens (tertiary/aromatic N) is 3. The van der Waals surface area contributed by atoms with Gasteiger partial charge in [-0.05, 0) is 36.6 Å². The van der Waals surface area contributed by atoms with Gasteiger partial charge < -0.3 is 4.74 Å². The molecule has 0 radical (unpaired) electrons. The van der Waals surface area contributed by atoms with Crippen molar-refractivity contribution in [2.24, 2.45) is 4.99 Å². The highest BCUT2D eigenvalue weighted by Crippen LogP contribution is 2.40. The van der Waals surface area contributed by atoms with E-state index in [0.29, 0.717) is 0 Å². The summed E-state index contributed by atoms with van der Waals surface area (Å²) in [5.41, 5.74) is 4.52. The van der Waals surface area contributed by atoms with Gasteiger partial charge in [0.2, 0.25) is 5.13 Å². The predicted molar refractivity (Wildman–Crippen MR) is 93.0 cm³/mol. The van der Waals surface area contributed by atoms with Gasteiger partial charge in [0, 0.05) is 34.6 Å². The second-order valence-corrected chi connectivity index (χ2v) is 6.40. The lowest BCUT2D eigenvalue weighted by Gasteiger charge is -2.15. The Bertz CT molecular complexity index is 871. The first kappa shape index (κ1) is 14.1. The molecule has 1 aromatic carbocycles. The molecule has 0 aliphatic heterocycles. The Balaban J connectivity index is 1.70. The maximum Gasteiger partial charge on any atom is 0.209 e. The smallest absolute Gasteiger partial charge is 0.209 e. The normalized spacial score (nSPS) is 12.9. The fourth-order valence-electron chi connectivity index (χ4n) is 2.73. The molecular formula is C18H15N3OS. The minimum Gasteiger partial charge on any atom is -0.497 e. The van der Waals surface area contributed by atoms with Crippen LogP contribution < -0.4 is 4.74 Å². The Hall–Kier alpha value is -2.53. The van der Waals surface area contributed by atoms with Crippen molar-refractivity contribution in [3.05, 3.63) is 58.7 Å². The third-order valence-electron chi connectivity index (χ3n) is 3.89. The van der Waals surface area contributed by atoms with Crippen molar-refractivity contribution in [3.63, 3.8) is 0 Å². The number of hydrogen-bond acceptors (Lipinski definition) is 5. The Kier molecular flexibility index (Phi) is 3.63. The van der Waals surface area contributed by atoms with Gasteiger partial charge in [-0.25, -0.2) is 9.98 Å². The first-order valence-corrected chi connectivity index (χ1v) is 8.26. The number of fused-ring (bicyclic) bond motifs is 3. The van der Waals surface area contributed by atoms with Crippen LogP contribution in [0.1, 0.15) is 16.0 Å². The summed E-state index contributed by atoms with van der Waals surface area (Å²) in [6.07, 6.45) is 7.42. The zero-order valence-corrected chi connectivity index (χ0v) is 13.5. The summed E-state index contributed by atoms with van der Waals surface area (Å²) in [6, 6.07) is 10.1. The van der Waals surface area contributed by atoms with E-state index < -0.39 is 0 Å². The summed E-state index contributed by atoms with van der Waals surface area (Å²) >= 11 is 1.66. The van der Waals surface area contributed by atoms with Crippen molar-refractivity contribution in [2.45, 2.75) is 12.8 Å². The van der Waals surface area contributed by atoms with Crippen LogP contribution in [0.25, 0.3) is 11.3 Å². The fraction of sp³-hybridized carbons (Fsp3) is 0.167. The number of hydrogen-bond donors (Lipinski definition) is 0. The van der Waals surface area contributed by atoms with Gasteiger partial charge in [0.1, 0.15) is 5.75 Å². The number of ether oxygens (including phenoxy) is 1. The molecule has 0 amide bonds. The number of aromatic nitrogens is 2. The quantitative estimate of drug-likeness (QED) is 0.683. The molecule has 0 saturated heterocycles. The van der Waals surface area contributed by atoms with Gasteiger partial charge in [-0.15, -0.1) is 0 Å². The molecule has 4 nitrogen and oxygen atoms in total. The van der Waals surface area contributed by atoms with Gasteiger partial charge >= 0.3 is 0 Å². The van der Waals surface area contributed by atoms with E-state index in [4.69, 9.17) is 9.72 Å². The minimum atomic E-state index is 0.787. The first-order chi connectivity index (χ1) is 11.3. The van der Waals surface area contributed by atoms with E-state index in [9.17, 15) is 0 Å². The molecule has 2 heterocycles. The molecule has 4 rings (SSSR count). The van der Waals surface area contributed by atoms with E-state index in [0.717, 1.165) is 35.0 Å². The average Bonchev–Trinajstić information content (AvgIpc) is 3.04. The van der Waals surface area contributed by atoms with Gasteiger partial charge in [-0.1, -0.05) is 23.5 Å². The summed E-state index contributed by atoms with van der Waals surface area (Å²) in [5.74, 6) is 0.866. The number of benzene rings is 1. The predicted octanol–water partition coefficient (Wildman–Crippen LogP) is 4.06. The minimum absolute atomic E-state index is 0.787. The lowest BCUT2D eigenvalue weighted by atomic mass is 9.93. The molecule has 0 atom stereocenters. The first-order valence-electron chi connectivity index (χ1n) is 7.44. The number of thiazole rings is 1. The number of aliphatic imine (C=N–C) groups is 1. The summed E-state index contributed by atoms with van der Waals surface area (Å²) in [4.78, 5) is 14.6. The van der Waals surface area contributed by atoms with Crippen molar-refractivity contribution in [3.8, 4) is 17.0 Å². The molecule has 114 valence electrons. The molecule has 0 N–H and O–H groups in total. The number of methoxy groups -OCH3 is 1. The second-order valence-electron chi connectivity index (χ2n) is 5.34. The van der Waals surface area contributed by atoms with Crippen molar-refractivity contribution >= 4 is 22.7 Å². The van der Waals surface area contributed by atoms with Crippen LogP contribution in [-0.2, 0) is 12.8 Å². The van der Waals surface area contributed by atoms with Crippen LogP contribution in [0.3, 0.4) is 0 Å². The lowest BCUT2D eigenvalue weighted by molar-refractivity contribution is 0.415. The van der Waals surface area contributed by atoms with Crippen LogP contribution in [0, 0.1) is 0 Å². The van der Waals surface area contributed by atoms with Gasteiger partial charge in [0.15, 0.2) is 0 Å².